The third-order valence-electron chi connectivity index (χ3n) is 6.84. The van der Waals surface area contributed by atoms with E-state index in [0.717, 1.165) is 22.5 Å². The lowest BCUT2D eigenvalue weighted by molar-refractivity contribution is -0.142. The fraction of sp³-hybridized carbons (Fsp3) is 0.333. The standard InChI is InChI=1S/C30H32N6O4/c1-30(2,38)20-40-24-15-25(27-23(16-31)18-33-36(27)19-24)22-9-10-26(32-17-22)34-11-13-35(14-12-34)29(37)28(39-3)21-7-5-4-6-8-21/h4-10,15,17-19,28,38H,11-14,20H2,1-3H3. The quantitative estimate of drug-likeness (QED) is 0.361. The Morgan fingerprint density at radius 2 is 1.88 bits per heavy atom. The van der Waals surface area contributed by atoms with Crippen molar-refractivity contribution in [2.75, 3.05) is 44.8 Å². The Kier molecular flexibility index (Phi) is 7.69. The van der Waals surface area contributed by atoms with Crippen molar-refractivity contribution in [1.29, 1.82) is 5.26 Å². The lowest BCUT2D eigenvalue weighted by Gasteiger charge is -2.36. The molecule has 1 aliphatic rings. The van der Waals surface area contributed by atoms with Gasteiger partial charge in [0, 0.05) is 50.6 Å². The highest BCUT2D eigenvalue weighted by Crippen LogP contribution is 2.32. The minimum atomic E-state index is -0.999. The van der Waals surface area contributed by atoms with Gasteiger partial charge in [0.15, 0.2) is 6.10 Å². The van der Waals surface area contributed by atoms with Gasteiger partial charge in [0.25, 0.3) is 5.91 Å². The van der Waals surface area contributed by atoms with Gasteiger partial charge in [0.05, 0.1) is 29.1 Å². The van der Waals surface area contributed by atoms with Crippen LogP contribution in [0, 0.1) is 11.3 Å². The van der Waals surface area contributed by atoms with Crippen LogP contribution in [0.15, 0.2) is 67.1 Å². The molecule has 1 amide bonds. The first kappa shape index (κ1) is 27.1. The molecule has 1 saturated heterocycles. The van der Waals surface area contributed by atoms with Gasteiger partial charge in [-0.05, 0) is 37.6 Å². The SMILES string of the molecule is COC(C(=O)N1CCN(c2ccc(-c3cc(OCC(C)(C)O)cn4ncc(C#N)c34)cn2)CC1)c1ccccc1. The number of amides is 1. The topological polar surface area (TPSA) is 116 Å². The van der Waals surface area contributed by atoms with Crippen LogP contribution in [0.3, 0.4) is 0 Å². The summed E-state index contributed by atoms with van der Waals surface area (Å²) >= 11 is 0. The van der Waals surface area contributed by atoms with Crippen LogP contribution in [0.5, 0.6) is 5.75 Å². The fourth-order valence-corrected chi connectivity index (χ4v) is 4.80. The van der Waals surface area contributed by atoms with E-state index in [1.165, 1.54) is 6.20 Å². The number of hydrogen-bond acceptors (Lipinski definition) is 8. The number of anilines is 1. The van der Waals surface area contributed by atoms with Crippen molar-refractivity contribution in [1.82, 2.24) is 19.5 Å². The number of ether oxygens (including phenoxy) is 2. The number of fused-ring (bicyclic) bond motifs is 1. The minimum Gasteiger partial charge on any atom is -0.489 e. The van der Waals surface area contributed by atoms with Crippen LogP contribution in [-0.4, -0.2) is 76.0 Å². The summed E-state index contributed by atoms with van der Waals surface area (Å²) in [4.78, 5) is 21.9. The van der Waals surface area contributed by atoms with Crippen molar-refractivity contribution in [2.45, 2.75) is 25.6 Å². The Bertz CT molecular complexity index is 1510. The van der Waals surface area contributed by atoms with E-state index in [0.29, 0.717) is 43.0 Å². The molecule has 1 aromatic carbocycles. The van der Waals surface area contributed by atoms with Crippen molar-refractivity contribution in [3.63, 3.8) is 0 Å². The molecule has 0 radical (unpaired) electrons. The predicted octanol–water partition coefficient (Wildman–Crippen LogP) is 3.45. The molecule has 1 atom stereocenters. The second kappa shape index (κ2) is 11.3. The molecule has 1 N–H and O–H groups in total. The van der Waals surface area contributed by atoms with E-state index in [2.05, 4.69) is 16.1 Å². The van der Waals surface area contributed by atoms with Gasteiger partial charge < -0.3 is 24.4 Å². The van der Waals surface area contributed by atoms with Gasteiger partial charge in [0.1, 0.15) is 24.2 Å². The number of piperazine rings is 1. The van der Waals surface area contributed by atoms with Gasteiger partial charge >= 0.3 is 0 Å². The molecular weight excluding hydrogens is 508 g/mol. The minimum absolute atomic E-state index is 0.0403. The van der Waals surface area contributed by atoms with E-state index in [1.807, 2.05) is 53.4 Å². The van der Waals surface area contributed by atoms with Crippen LogP contribution in [0.1, 0.15) is 31.1 Å². The normalized spacial score (nSPS) is 14.7. The molecule has 40 heavy (non-hydrogen) atoms. The average Bonchev–Trinajstić information content (AvgIpc) is 3.39. The first-order valence-corrected chi connectivity index (χ1v) is 13.1. The summed E-state index contributed by atoms with van der Waals surface area (Å²) in [7, 11) is 1.56. The number of nitriles is 1. The maximum absolute atomic E-state index is 13.2. The third-order valence-corrected chi connectivity index (χ3v) is 6.84. The molecule has 10 nitrogen and oxygen atoms in total. The fourth-order valence-electron chi connectivity index (χ4n) is 4.80. The number of benzene rings is 1. The summed E-state index contributed by atoms with van der Waals surface area (Å²) < 4.78 is 13.0. The molecule has 206 valence electrons. The van der Waals surface area contributed by atoms with E-state index >= 15 is 0 Å². The number of hydrogen-bond donors (Lipinski definition) is 1. The van der Waals surface area contributed by atoms with Crippen molar-refractivity contribution < 1.29 is 19.4 Å². The number of carbonyl (C=O) groups excluding carboxylic acids is 1. The monoisotopic (exact) mass is 540 g/mol. The molecule has 0 saturated carbocycles. The zero-order valence-electron chi connectivity index (χ0n) is 22.8. The number of carbonyl (C=O) groups is 1. The number of aliphatic hydroxyl groups is 1. The Morgan fingerprint density at radius 3 is 2.50 bits per heavy atom. The zero-order chi connectivity index (χ0) is 28.3. The average molecular weight is 541 g/mol. The Balaban J connectivity index is 1.32. The molecule has 1 fully saturated rings. The van der Waals surface area contributed by atoms with Crippen LogP contribution in [0.4, 0.5) is 5.82 Å². The second-order valence-electron chi connectivity index (χ2n) is 10.4. The number of aromatic nitrogens is 3. The van der Waals surface area contributed by atoms with Crippen molar-refractivity contribution in [3.05, 3.63) is 78.2 Å². The van der Waals surface area contributed by atoms with Crippen molar-refractivity contribution >= 4 is 17.2 Å². The predicted molar refractivity (Wildman–Crippen MR) is 150 cm³/mol. The zero-order valence-corrected chi connectivity index (χ0v) is 22.8. The number of nitrogens with zero attached hydrogens (tertiary/aromatic N) is 6. The van der Waals surface area contributed by atoms with Crippen molar-refractivity contribution in [3.8, 4) is 22.9 Å². The van der Waals surface area contributed by atoms with Gasteiger partial charge in [0.2, 0.25) is 0 Å². The molecule has 4 aromatic rings. The lowest BCUT2D eigenvalue weighted by atomic mass is 10.0. The molecular formula is C30H32N6O4. The molecule has 5 rings (SSSR count). The summed E-state index contributed by atoms with van der Waals surface area (Å²) in [6.07, 6.45) is 4.37. The molecule has 3 aromatic heterocycles. The summed E-state index contributed by atoms with van der Waals surface area (Å²) in [5, 5.41) is 24.0. The van der Waals surface area contributed by atoms with Crippen LogP contribution in [-0.2, 0) is 9.53 Å². The molecule has 0 aliphatic carbocycles. The number of pyridine rings is 2. The summed E-state index contributed by atoms with van der Waals surface area (Å²) in [5.41, 5.74) is 2.50. The van der Waals surface area contributed by atoms with Gasteiger partial charge in [-0.15, -0.1) is 0 Å². The first-order chi connectivity index (χ1) is 19.3. The maximum Gasteiger partial charge on any atom is 0.256 e. The van der Waals surface area contributed by atoms with Gasteiger partial charge in [-0.2, -0.15) is 10.4 Å². The summed E-state index contributed by atoms with van der Waals surface area (Å²) in [5.74, 6) is 1.29. The third kappa shape index (κ3) is 5.76. The molecule has 0 bridgehead atoms. The number of methoxy groups -OCH3 is 1. The Morgan fingerprint density at radius 1 is 1.12 bits per heavy atom. The molecule has 4 heterocycles. The number of rotatable bonds is 8. The summed E-state index contributed by atoms with van der Waals surface area (Å²) in [6, 6.07) is 17.5. The lowest BCUT2D eigenvalue weighted by Crippen LogP contribution is -2.50. The van der Waals surface area contributed by atoms with Gasteiger partial charge in [-0.1, -0.05) is 30.3 Å². The highest BCUT2D eigenvalue weighted by molar-refractivity contribution is 5.85. The highest BCUT2D eigenvalue weighted by atomic mass is 16.5. The summed E-state index contributed by atoms with van der Waals surface area (Å²) in [6.45, 7) is 5.88. The van der Waals surface area contributed by atoms with E-state index in [9.17, 15) is 15.2 Å². The smallest absolute Gasteiger partial charge is 0.256 e. The molecule has 1 aliphatic heterocycles. The first-order valence-electron chi connectivity index (χ1n) is 13.1. The van der Waals surface area contributed by atoms with E-state index in [-0.39, 0.29) is 12.5 Å². The van der Waals surface area contributed by atoms with E-state index in [4.69, 9.17) is 14.5 Å². The largest absolute Gasteiger partial charge is 0.489 e. The van der Waals surface area contributed by atoms with Gasteiger partial charge in [-0.25, -0.2) is 9.50 Å². The molecule has 1 unspecified atom stereocenters. The Labute approximate surface area is 233 Å². The van der Waals surface area contributed by atoms with Crippen LogP contribution < -0.4 is 9.64 Å². The van der Waals surface area contributed by atoms with E-state index in [1.54, 1.807) is 37.9 Å². The van der Waals surface area contributed by atoms with Crippen LogP contribution in [0.25, 0.3) is 16.6 Å². The Hall–Kier alpha value is -4.46. The van der Waals surface area contributed by atoms with Crippen molar-refractivity contribution in [2.24, 2.45) is 0 Å². The second-order valence-corrected chi connectivity index (χ2v) is 10.4. The van der Waals surface area contributed by atoms with Gasteiger partial charge in [-0.3, -0.25) is 4.79 Å². The molecule has 0 spiro atoms. The van der Waals surface area contributed by atoms with Crippen LogP contribution >= 0.6 is 0 Å². The molecule has 10 heteroatoms. The maximum atomic E-state index is 13.2. The van der Waals surface area contributed by atoms with E-state index < -0.39 is 11.7 Å². The van der Waals surface area contributed by atoms with Crippen LogP contribution in [0.2, 0.25) is 0 Å². The highest BCUT2D eigenvalue weighted by Gasteiger charge is 2.29.